The van der Waals surface area contributed by atoms with Gasteiger partial charge < -0.3 is 10.1 Å². The van der Waals surface area contributed by atoms with E-state index in [1.54, 1.807) is 16.8 Å². The minimum atomic E-state index is -0.773. The van der Waals surface area contributed by atoms with E-state index in [1.165, 1.54) is 30.6 Å². The molecule has 6 rings (SSSR count). The Hall–Kier alpha value is -3.33. The molecule has 146 valence electrons. The second-order valence-electron chi connectivity index (χ2n) is 7.49. The van der Waals surface area contributed by atoms with E-state index in [2.05, 4.69) is 25.9 Å². The zero-order valence-electron chi connectivity index (χ0n) is 15.4. The number of hydrogen-bond donors (Lipinski definition) is 2. The lowest BCUT2D eigenvalue weighted by atomic mass is 9.78. The Balaban J connectivity index is 1.59. The Morgan fingerprint density at radius 3 is 2.66 bits per heavy atom. The van der Waals surface area contributed by atoms with Crippen molar-refractivity contribution >= 4 is 11.4 Å². The summed E-state index contributed by atoms with van der Waals surface area (Å²) in [5.74, 6) is -0.314. The van der Waals surface area contributed by atoms with Gasteiger partial charge in [0, 0.05) is 23.9 Å². The minimum Gasteiger partial charge on any atom is -0.376 e. The molecule has 4 heterocycles. The zero-order valence-corrected chi connectivity index (χ0v) is 15.4. The number of ether oxygens (including phenoxy) is 1. The fourth-order valence-electron chi connectivity index (χ4n) is 4.31. The van der Waals surface area contributed by atoms with Crippen molar-refractivity contribution in [2.24, 2.45) is 12.1 Å². The van der Waals surface area contributed by atoms with Crippen LogP contribution in [0.4, 0.5) is 14.5 Å². The number of aryl methyl sites for hydroxylation is 1. The lowest BCUT2D eigenvalue weighted by Gasteiger charge is -2.39. The van der Waals surface area contributed by atoms with Crippen LogP contribution in [0.3, 0.4) is 0 Å². The van der Waals surface area contributed by atoms with E-state index in [-0.39, 0.29) is 23.6 Å². The Bertz CT molecular complexity index is 1170. The predicted octanol–water partition coefficient (Wildman–Crippen LogP) is 2.53. The number of hydrogen-bond acceptors (Lipinski definition) is 6. The van der Waals surface area contributed by atoms with Gasteiger partial charge in [-0.25, -0.2) is 13.8 Å². The molecule has 1 spiro atoms. The lowest BCUT2D eigenvalue weighted by molar-refractivity contribution is 0.257. The molecule has 1 fully saturated rings. The van der Waals surface area contributed by atoms with Crippen molar-refractivity contribution in [3.8, 4) is 0 Å². The molecule has 3 atom stereocenters. The van der Waals surface area contributed by atoms with Gasteiger partial charge >= 0.3 is 0 Å². The number of halogens is 2. The van der Waals surface area contributed by atoms with Crippen molar-refractivity contribution in [2.45, 2.75) is 17.7 Å². The van der Waals surface area contributed by atoms with E-state index in [0.717, 1.165) is 22.4 Å². The van der Waals surface area contributed by atoms with Crippen LogP contribution in [0.15, 0.2) is 47.8 Å². The van der Waals surface area contributed by atoms with Gasteiger partial charge in [-0.2, -0.15) is 10.2 Å². The number of epoxide rings is 1. The number of rotatable bonds is 2. The first kappa shape index (κ1) is 16.6. The summed E-state index contributed by atoms with van der Waals surface area (Å²) in [6, 6.07) is 8.85. The topological polar surface area (TPSA) is 79.7 Å². The van der Waals surface area contributed by atoms with Crippen molar-refractivity contribution in [1.82, 2.24) is 20.2 Å². The van der Waals surface area contributed by atoms with Gasteiger partial charge in [-0.3, -0.25) is 10.1 Å². The fraction of sp³-hybridized carbons (Fsp3) is 0.250. The van der Waals surface area contributed by atoms with Crippen LogP contribution >= 0.6 is 0 Å². The molecular formula is C20H16F2N6O. The summed E-state index contributed by atoms with van der Waals surface area (Å²) in [5.41, 5.74) is 6.00. The van der Waals surface area contributed by atoms with E-state index in [4.69, 9.17) is 4.74 Å². The number of benzene rings is 2. The van der Waals surface area contributed by atoms with E-state index in [1.807, 2.05) is 7.05 Å². The van der Waals surface area contributed by atoms with E-state index >= 15 is 0 Å². The summed E-state index contributed by atoms with van der Waals surface area (Å²) in [7, 11) is 1.81. The normalized spacial score (nSPS) is 26.4. The Morgan fingerprint density at radius 2 is 1.97 bits per heavy atom. The number of anilines is 1. The Labute approximate surface area is 164 Å². The predicted molar refractivity (Wildman–Crippen MR) is 100 cm³/mol. The number of aromatic nitrogens is 3. The maximum absolute atomic E-state index is 14.4. The van der Waals surface area contributed by atoms with Crippen LogP contribution in [0.1, 0.15) is 34.5 Å². The number of fused-ring (bicyclic) bond motifs is 1. The van der Waals surface area contributed by atoms with Crippen molar-refractivity contribution < 1.29 is 13.5 Å². The summed E-state index contributed by atoms with van der Waals surface area (Å²) in [5, 5.41) is 12.3. The SMILES string of the molecule is Cn1ncnc1[C@H]1C2=NNC3(CO3)c3cc(F)cc(c32)N[C@@H]1c1ccc(F)cc1. The second kappa shape index (κ2) is 5.60. The first-order valence-electron chi connectivity index (χ1n) is 9.25. The molecule has 0 saturated carbocycles. The molecule has 3 aromatic rings. The highest BCUT2D eigenvalue weighted by molar-refractivity contribution is 6.13. The third-order valence-electron chi connectivity index (χ3n) is 5.78. The molecule has 9 heteroatoms. The smallest absolute Gasteiger partial charge is 0.204 e. The summed E-state index contributed by atoms with van der Waals surface area (Å²) in [6.45, 7) is 0.426. The molecule has 3 aliphatic heterocycles. The highest BCUT2D eigenvalue weighted by Crippen LogP contribution is 2.50. The van der Waals surface area contributed by atoms with Gasteiger partial charge in [0.2, 0.25) is 5.72 Å². The first-order chi connectivity index (χ1) is 14.1. The van der Waals surface area contributed by atoms with E-state index in [0.29, 0.717) is 18.1 Å². The van der Waals surface area contributed by atoms with Crippen LogP contribution in [0.2, 0.25) is 0 Å². The standard InChI is InChI=1S/C20H16F2N6O/c1-28-19(23-9-24-28)16-17(10-2-4-11(21)5-3-10)25-14-7-12(22)6-13-15(14)18(16)26-27-20(13)8-29-20/h2-7,9,16-17,25,27H,8H2,1H3/t16-,17-,20?/m1/s1. The molecule has 0 bridgehead atoms. The van der Waals surface area contributed by atoms with Crippen molar-refractivity contribution in [2.75, 3.05) is 11.9 Å². The van der Waals surface area contributed by atoms with E-state index in [9.17, 15) is 8.78 Å². The third-order valence-corrected chi connectivity index (χ3v) is 5.78. The van der Waals surface area contributed by atoms with E-state index < -0.39 is 5.72 Å². The van der Waals surface area contributed by atoms with Gasteiger partial charge in [0.05, 0.1) is 17.7 Å². The number of hydrazone groups is 1. The van der Waals surface area contributed by atoms with Gasteiger partial charge in [-0.1, -0.05) is 12.1 Å². The molecule has 3 aliphatic rings. The molecule has 0 amide bonds. The molecule has 7 nitrogen and oxygen atoms in total. The number of nitrogens with one attached hydrogen (secondary N) is 2. The average molecular weight is 394 g/mol. The quantitative estimate of drug-likeness (QED) is 0.653. The zero-order chi connectivity index (χ0) is 19.8. The van der Waals surface area contributed by atoms with Crippen LogP contribution in [0.25, 0.3) is 0 Å². The summed E-state index contributed by atoms with van der Waals surface area (Å²) in [6.07, 6.45) is 1.49. The molecule has 1 unspecified atom stereocenters. The molecule has 2 N–H and O–H groups in total. The monoisotopic (exact) mass is 394 g/mol. The third kappa shape index (κ3) is 2.34. The first-order valence-corrected chi connectivity index (χ1v) is 9.25. The molecule has 1 saturated heterocycles. The van der Waals surface area contributed by atoms with Gasteiger partial charge in [0.15, 0.2) is 0 Å². The molecule has 0 aliphatic carbocycles. The summed E-state index contributed by atoms with van der Waals surface area (Å²) >= 11 is 0. The Kier molecular flexibility index (Phi) is 3.21. The van der Waals surface area contributed by atoms with Gasteiger partial charge in [-0.05, 0) is 29.8 Å². The van der Waals surface area contributed by atoms with Crippen LogP contribution in [-0.4, -0.2) is 27.1 Å². The highest BCUT2D eigenvalue weighted by atomic mass is 19.1. The van der Waals surface area contributed by atoms with Crippen LogP contribution in [0, 0.1) is 11.6 Å². The van der Waals surface area contributed by atoms with Crippen molar-refractivity contribution in [3.63, 3.8) is 0 Å². The molecule has 0 radical (unpaired) electrons. The average Bonchev–Trinajstić information content (AvgIpc) is 3.37. The molecular weight excluding hydrogens is 378 g/mol. The largest absolute Gasteiger partial charge is 0.376 e. The maximum atomic E-state index is 14.4. The fourth-order valence-corrected chi connectivity index (χ4v) is 4.31. The molecule has 1 aromatic heterocycles. The molecule has 29 heavy (non-hydrogen) atoms. The number of nitrogens with zero attached hydrogens (tertiary/aromatic N) is 4. The second-order valence-corrected chi connectivity index (χ2v) is 7.49. The Morgan fingerprint density at radius 1 is 1.17 bits per heavy atom. The van der Waals surface area contributed by atoms with Gasteiger partial charge in [0.25, 0.3) is 0 Å². The van der Waals surface area contributed by atoms with Crippen LogP contribution in [0.5, 0.6) is 0 Å². The lowest BCUT2D eigenvalue weighted by Crippen LogP contribution is -2.42. The van der Waals surface area contributed by atoms with Crippen LogP contribution in [-0.2, 0) is 17.5 Å². The van der Waals surface area contributed by atoms with Crippen molar-refractivity contribution in [1.29, 1.82) is 0 Å². The summed E-state index contributed by atoms with van der Waals surface area (Å²) in [4.78, 5) is 4.45. The summed E-state index contributed by atoms with van der Waals surface area (Å²) < 4.78 is 35.2. The van der Waals surface area contributed by atoms with Gasteiger partial charge in [-0.15, -0.1) is 0 Å². The van der Waals surface area contributed by atoms with Crippen molar-refractivity contribution in [3.05, 3.63) is 76.9 Å². The molecule has 2 aromatic carbocycles. The van der Waals surface area contributed by atoms with Crippen LogP contribution < -0.4 is 10.7 Å². The highest BCUT2D eigenvalue weighted by Gasteiger charge is 2.54. The minimum absolute atomic E-state index is 0.321. The maximum Gasteiger partial charge on any atom is 0.204 e. The van der Waals surface area contributed by atoms with Gasteiger partial charge in [0.1, 0.15) is 30.4 Å².